The third-order valence-electron chi connectivity index (χ3n) is 5.50. The number of ether oxygens (including phenoxy) is 1. The first-order valence-electron chi connectivity index (χ1n) is 11.5. The predicted molar refractivity (Wildman–Crippen MR) is 135 cm³/mol. The summed E-state index contributed by atoms with van der Waals surface area (Å²) in [7, 11) is 1.59. The molecule has 6 nitrogen and oxygen atoms in total. The molecule has 0 atom stereocenters. The highest BCUT2D eigenvalue weighted by Crippen LogP contribution is 2.38. The lowest BCUT2D eigenvalue weighted by molar-refractivity contribution is -0.119. The molecule has 0 aromatic heterocycles. The molecule has 0 spiro atoms. The van der Waals surface area contributed by atoms with Gasteiger partial charge in [-0.05, 0) is 68.2 Å². The molecule has 0 saturated carbocycles. The van der Waals surface area contributed by atoms with Crippen molar-refractivity contribution < 1.29 is 14.3 Å². The zero-order valence-electron chi connectivity index (χ0n) is 20.0. The second-order valence-electron chi connectivity index (χ2n) is 9.30. The van der Waals surface area contributed by atoms with E-state index in [0.717, 1.165) is 36.5 Å². The molecule has 1 saturated heterocycles. The van der Waals surface area contributed by atoms with Crippen molar-refractivity contribution in [1.82, 2.24) is 10.6 Å². The summed E-state index contributed by atoms with van der Waals surface area (Å²) >= 11 is 1.68. The fourth-order valence-electron chi connectivity index (χ4n) is 3.80. The van der Waals surface area contributed by atoms with Gasteiger partial charge in [0.1, 0.15) is 12.3 Å². The van der Waals surface area contributed by atoms with Gasteiger partial charge in [0.25, 0.3) is 5.91 Å². The van der Waals surface area contributed by atoms with E-state index in [9.17, 15) is 9.59 Å². The lowest BCUT2D eigenvalue weighted by Crippen LogP contribution is -2.43. The molecule has 0 aliphatic carbocycles. The minimum Gasteiger partial charge on any atom is -0.497 e. The largest absolute Gasteiger partial charge is 0.497 e. The maximum Gasteiger partial charge on any atom is 0.258 e. The molecule has 2 aromatic rings. The van der Waals surface area contributed by atoms with Gasteiger partial charge in [0.05, 0.1) is 12.8 Å². The highest BCUT2D eigenvalue weighted by atomic mass is 32.2. The molecule has 0 unspecified atom stereocenters. The van der Waals surface area contributed by atoms with Gasteiger partial charge in [-0.1, -0.05) is 32.9 Å². The lowest BCUT2D eigenvalue weighted by atomic mass is 9.98. The number of carbonyl (C=O) groups is 2. The first-order valence-corrected chi connectivity index (χ1v) is 12.3. The summed E-state index contributed by atoms with van der Waals surface area (Å²) in [4.78, 5) is 29.1. The number of amides is 2. The zero-order valence-corrected chi connectivity index (χ0v) is 20.8. The van der Waals surface area contributed by atoms with Crippen LogP contribution in [-0.4, -0.2) is 49.9 Å². The number of anilines is 1. The lowest BCUT2D eigenvalue weighted by Gasteiger charge is -2.28. The number of hydrogen-bond donors (Lipinski definition) is 2. The van der Waals surface area contributed by atoms with Crippen molar-refractivity contribution in [2.24, 2.45) is 5.92 Å². The number of hydrogen-bond acceptors (Lipinski definition) is 5. The molecule has 3 rings (SSSR count). The molecule has 1 heterocycles. The summed E-state index contributed by atoms with van der Waals surface area (Å²) in [6.45, 7) is 8.99. The second kappa shape index (κ2) is 11.6. The Balaban J connectivity index is 1.84. The van der Waals surface area contributed by atoms with Crippen LogP contribution in [0.2, 0.25) is 0 Å². The van der Waals surface area contributed by atoms with E-state index in [1.165, 1.54) is 0 Å². The first-order chi connectivity index (χ1) is 15.8. The summed E-state index contributed by atoms with van der Waals surface area (Å²) in [6, 6.07) is 14.8. The minimum atomic E-state index is -0.211. The molecular formula is C26H35N3O3S. The summed E-state index contributed by atoms with van der Waals surface area (Å²) in [5.74, 6) is 0.800. The Labute approximate surface area is 201 Å². The Kier molecular flexibility index (Phi) is 8.80. The highest BCUT2D eigenvalue weighted by Gasteiger charge is 2.25. The van der Waals surface area contributed by atoms with Crippen molar-refractivity contribution in [3.05, 3.63) is 54.1 Å². The van der Waals surface area contributed by atoms with E-state index < -0.39 is 0 Å². The van der Waals surface area contributed by atoms with Crippen LogP contribution in [0.15, 0.2) is 53.4 Å². The molecule has 2 aromatic carbocycles. The van der Waals surface area contributed by atoms with Crippen LogP contribution >= 0.6 is 11.8 Å². The third-order valence-corrected chi connectivity index (χ3v) is 6.68. The standard InChI is InChI=1S/C26H35N3O3S/c1-26(2,3)33-23-8-6-5-7-22(23)29(25(31)20-9-11-21(32-4)12-10-20)18-24(30)28-17-19-13-15-27-16-14-19/h5-12,19,27H,13-18H2,1-4H3,(H,28,30). The average Bonchev–Trinajstić information content (AvgIpc) is 2.81. The van der Waals surface area contributed by atoms with Gasteiger partial charge in [-0.25, -0.2) is 0 Å². The van der Waals surface area contributed by atoms with E-state index in [0.29, 0.717) is 23.8 Å². The number of benzene rings is 2. The Morgan fingerprint density at radius 2 is 1.76 bits per heavy atom. The summed E-state index contributed by atoms with van der Waals surface area (Å²) in [6.07, 6.45) is 2.11. The second-order valence-corrected chi connectivity index (χ2v) is 11.2. The Morgan fingerprint density at radius 3 is 2.39 bits per heavy atom. The van der Waals surface area contributed by atoms with E-state index in [2.05, 4.69) is 31.4 Å². The molecular weight excluding hydrogens is 434 g/mol. The maximum atomic E-state index is 13.6. The van der Waals surface area contributed by atoms with Gasteiger partial charge in [0, 0.05) is 21.8 Å². The van der Waals surface area contributed by atoms with E-state index in [1.54, 1.807) is 48.0 Å². The van der Waals surface area contributed by atoms with Crippen LogP contribution in [0.4, 0.5) is 5.69 Å². The molecule has 1 aliphatic rings. The molecule has 2 amide bonds. The monoisotopic (exact) mass is 469 g/mol. The predicted octanol–water partition coefficient (Wildman–Crippen LogP) is 4.35. The SMILES string of the molecule is COc1ccc(C(=O)N(CC(=O)NCC2CCNCC2)c2ccccc2SC(C)(C)C)cc1. The van der Waals surface area contributed by atoms with Gasteiger partial charge in [0.15, 0.2) is 0 Å². The zero-order chi connectivity index (χ0) is 23.8. The van der Waals surface area contributed by atoms with Gasteiger partial charge in [-0.2, -0.15) is 0 Å². The number of rotatable bonds is 8. The summed E-state index contributed by atoms with van der Waals surface area (Å²) in [5.41, 5.74) is 1.26. The quantitative estimate of drug-likeness (QED) is 0.563. The van der Waals surface area contributed by atoms with Gasteiger partial charge in [-0.15, -0.1) is 11.8 Å². The molecule has 178 valence electrons. The van der Waals surface area contributed by atoms with Gasteiger partial charge in [-0.3, -0.25) is 14.5 Å². The van der Waals surface area contributed by atoms with Crippen molar-refractivity contribution in [3.8, 4) is 5.75 Å². The molecule has 33 heavy (non-hydrogen) atoms. The van der Waals surface area contributed by atoms with Crippen molar-refractivity contribution in [3.63, 3.8) is 0 Å². The van der Waals surface area contributed by atoms with E-state index in [4.69, 9.17) is 4.74 Å². The summed E-state index contributed by atoms with van der Waals surface area (Å²) < 4.78 is 5.19. The molecule has 2 N–H and O–H groups in total. The van der Waals surface area contributed by atoms with Gasteiger partial charge < -0.3 is 15.4 Å². The normalized spacial score (nSPS) is 14.5. The van der Waals surface area contributed by atoms with Crippen molar-refractivity contribution in [2.75, 3.05) is 38.2 Å². The number of para-hydroxylation sites is 1. The van der Waals surface area contributed by atoms with Crippen LogP contribution in [0, 0.1) is 5.92 Å². The average molecular weight is 470 g/mol. The maximum absolute atomic E-state index is 13.6. The first kappa shape index (κ1) is 25.1. The topological polar surface area (TPSA) is 70.7 Å². The number of nitrogens with one attached hydrogen (secondary N) is 2. The number of nitrogens with zero attached hydrogens (tertiary/aromatic N) is 1. The number of methoxy groups -OCH3 is 1. The van der Waals surface area contributed by atoms with E-state index >= 15 is 0 Å². The van der Waals surface area contributed by atoms with Crippen molar-refractivity contribution in [1.29, 1.82) is 0 Å². The Morgan fingerprint density at radius 1 is 1.09 bits per heavy atom. The van der Waals surface area contributed by atoms with Crippen LogP contribution < -0.4 is 20.3 Å². The van der Waals surface area contributed by atoms with Crippen LogP contribution in [-0.2, 0) is 4.79 Å². The van der Waals surface area contributed by atoms with E-state index in [1.807, 2.05) is 24.3 Å². The van der Waals surface area contributed by atoms with Gasteiger partial charge >= 0.3 is 0 Å². The van der Waals surface area contributed by atoms with Crippen LogP contribution in [0.1, 0.15) is 44.0 Å². The van der Waals surface area contributed by atoms with Gasteiger partial charge in [0.2, 0.25) is 5.91 Å². The van der Waals surface area contributed by atoms with E-state index in [-0.39, 0.29) is 23.1 Å². The van der Waals surface area contributed by atoms with Crippen molar-refractivity contribution >= 4 is 29.3 Å². The van der Waals surface area contributed by atoms with Crippen LogP contribution in [0.3, 0.4) is 0 Å². The fraction of sp³-hybridized carbons (Fsp3) is 0.462. The van der Waals surface area contributed by atoms with Crippen LogP contribution in [0.25, 0.3) is 0 Å². The minimum absolute atomic E-state index is 0.0302. The number of piperidine rings is 1. The Hall–Kier alpha value is -2.51. The van der Waals surface area contributed by atoms with Crippen LogP contribution in [0.5, 0.6) is 5.75 Å². The molecule has 7 heteroatoms. The number of thioether (sulfide) groups is 1. The summed E-state index contributed by atoms with van der Waals surface area (Å²) in [5, 5.41) is 6.40. The molecule has 1 aliphatic heterocycles. The molecule has 0 radical (unpaired) electrons. The number of carbonyl (C=O) groups excluding carboxylic acids is 2. The smallest absolute Gasteiger partial charge is 0.258 e. The third kappa shape index (κ3) is 7.51. The highest BCUT2D eigenvalue weighted by molar-refractivity contribution is 8.00. The fourth-order valence-corrected chi connectivity index (χ4v) is 4.88. The molecule has 1 fully saturated rings. The Bertz CT molecular complexity index is 935. The van der Waals surface area contributed by atoms with Crippen molar-refractivity contribution in [2.45, 2.75) is 43.3 Å². The molecule has 0 bridgehead atoms.